The third-order valence-electron chi connectivity index (χ3n) is 3.65. The van der Waals surface area contributed by atoms with Crippen molar-refractivity contribution in [1.29, 1.82) is 0 Å². The van der Waals surface area contributed by atoms with Crippen LogP contribution in [0.5, 0.6) is 0 Å². The smallest absolute Gasteiger partial charge is 0.0457 e. The average Bonchev–Trinajstić information content (AvgIpc) is 2.73. The number of rotatable bonds is 1. The lowest BCUT2D eigenvalue weighted by atomic mass is 9.90. The molecule has 2 nitrogen and oxygen atoms in total. The molecule has 1 fully saturated rings. The molecule has 3 rings (SSSR count). The Kier molecular flexibility index (Phi) is 2.44. The van der Waals surface area contributed by atoms with Gasteiger partial charge in [0.1, 0.15) is 0 Å². The molecule has 0 radical (unpaired) electrons. The zero-order valence-electron chi connectivity index (χ0n) is 9.72. The zero-order valence-corrected chi connectivity index (χ0v) is 9.72. The van der Waals surface area contributed by atoms with Gasteiger partial charge in [-0.05, 0) is 56.5 Å². The van der Waals surface area contributed by atoms with Crippen molar-refractivity contribution >= 4 is 10.9 Å². The molecule has 2 heterocycles. The summed E-state index contributed by atoms with van der Waals surface area (Å²) < 4.78 is 0. The van der Waals surface area contributed by atoms with Crippen LogP contribution in [0.15, 0.2) is 24.4 Å². The summed E-state index contributed by atoms with van der Waals surface area (Å²) >= 11 is 0. The Morgan fingerprint density at radius 1 is 1.19 bits per heavy atom. The lowest BCUT2D eigenvalue weighted by Crippen LogP contribution is -2.26. The highest BCUT2D eigenvalue weighted by Gasteiger charge is 2.18. The average molecular weight is 214 g/mol. The minimum atomic E-state index is 0.733. The first-order chi connectivity index (χ1) is 7.84. The number of H-pyrrole nitrogens is 1. The van der Waals surface area contributed by atoms with Crippen LogP contribution in [-0.4, -0.2) is 18.1 Å². The van der Waals surface area contributed by atoms with Crippen LogP contribution >= 0.6 is 0 Å². The second-order valence-corrected chi connectivity index (χ2v) is 4.82. The second kappa shape index (κ2) is 3.95. The molecule has 1 aliphatic heterocycles. The fraction of sp³-hybridized carbons (Fsp3) is 0.429. The van der Waals surface area contributed by atoms with Gasteiger partial charge in [-0.3, -0.25) is 0 Å². The van der Waals surface area contributed by atoms with Crippen molar-refractivity contribution in [3.05, 3.63) is 35.5 Å². The topological polar surface area (TPSA) is 27.8 Å². The van der Waals surface area contributed by atoms with Crippen molar-refractivity contribution in [1.82, 2.24) is 10.3 Å². The molecule has 0 unspecified atom stereocenters. The SMILES string of the molecule is Cc1ccc2[nH]cc(C3CCNCC3)c2c1. The molecule has 0 atom stereocenters. The number of nitrogens with one attached hydrogen (secondary N) is 2. The van der Waals surface area contributed by atoms with Crippen molar-refractivity contribution in [2.24, 2.45) is 0 Å². The molecule has 16 heavy (non-hydrogen) atoms. The lowest BCUT2D eigenvalue weighted by Gasteiger charge is -2.22. The predicted octanol–water partition coefficient (Wildman–Crippen LogP) is 2.94. The maximum absolute atomic E-state index is 3.43. The lowest BCUT2D eigenvalue weighted by molar-refractivity contribution is 0.462. The highest BCUT2D eigenvalue weighted by molar-refractivity contribution is 5.84. The molecule has 1 aromatic heterocycles. The number of hydrogen-bond acceptors (Lipinski definition) is 1. The van der Waals surface area contributed by atoms with Gasteiger partial charge in [-0.25, -0.2) is 0 Å². The van der Waals surface area contributed by atoms with E-state index in [9.17, 15) is 0 Å². The van der Waals surface area contributed by atoms with Crippen LogP contribution < -0.4 is 5.32 Å². The van der Waals surface area contributed by atoms with E-state index in [1.807, 2.05) is 0 Å². The third kappa shape index (κ3) is 1.63. The van der Waals surface area contributed by atoms with Crippen LogP contribution in [0.4, 0.5) is 0 Å². The Balaban J connectivity index is 2.05. The van der Waals surface area contributed by atoms with Crippen LogP contribution in [-0.2, 0) is 0 Å². The fourth-order valence-electron chi connectivity index (χ4n) is 2.73. The monoisotopic (exact) mass is 214 g/mol. The third-order valence-corrected chi connectivity index (χ3v) is 3.65. The fourth-order valence-corrected chi connectivity index (χ4v) is 2.73. The molecule has 2 heteroatoms. The molecular formula is C14H18N2. The summed E-state index contributed by atoms with van der Waals surface area (Å²) in [5.41, 5.74) is 4.14. The summed E-state index contributed by atoms with van der Waals surface area (Å²) in [5.74, 6) is 0.733. The summed E-state index contributed by atoms with van der Waals surface area (Å²) in [6.07, 6.45) is 4.74. The van der Waals surface area contributed by atoms with Crippen molar-refractivity contribution in [2.45, 2.75) is 25.7 Å². The standard InChI is InChI=1S/C14H18N2/c1-10-2-3-14-12(8-10)13(9-16-14)11-4-6-15-7-5-11/h2-3,8-9,11,15-16H,4-7H2,1H3. The van der Waals surface area contributed by atoms with Gasteiger partial charge in [0.05, 0.1) is 0 Å². The minimum Gasteiger partial charge on any atom is -0.361 e. The van der Waals surface area contributed by atoms with Crippen LogP contribution in [0.2, 0.25) is 0 Å². The number of hydrogen-bond donors (Lipinski definition) is 2. The van der Waals surface area contributed by atoms with E-state index in [0.29, 0.717) is 0 Å². The summed E-state index contributed by atoms with van der Waals surface area (Å²) in [6, 6.07) is 6.67. The van der Waals surface area contributed by atoms with Gasteiger partial charge in [0.15, 0.2) is 0 Å². The molecule has 1 aliphatic rings. The van der Waals surface area contributed by atoms with Gasteiger partial charge in [-0.15, -0.1) is 0 Å². The Morgan fingerprint density at radius 2 is 2.00 bits per heavy atom. The maximum Gasteiger partial charge on any atom is 0.0457 e. The maximum atomic E-state index is 3.43. The number of aromatic amines is 1. The van der Waals surface area contributed by atoms with Crippen LogP contribution in [0.3, 0.4) is 0 Å². The Morgan fingerprint density at radius 3 is 2.81 bits per heavy atom. The first kappa shape index (κ1) is 9.91. The van der Waals surface area contributed by atoms with E-state index in [1.165, 1.54) is 34.9 Å². The highest BCUT2D eigenvalue weighted by Crippen LogP contribution is 2.31. The van der Waals surface area contributed by atoms with Crippen LogP contribution in [0.1, 0.15) is 29.9 Å². The Hall–Kier alpha value is -1.28. The van der Waals surface area contributed by atoms with Gasteiger partial charge in [-0.2, -0.15) is 0 Å². The number of aromatic nitrogens is 1. The van der Waals surface area contributed by atoms with Gasteiger partial charge in [-0.1, -0.05) is 11.6 Å². The Bertz CT molecular complexity index is 492. The van der Waals surface area contributed by atoms with Crippen molar-refractivity contribution < 1.29 is 0 Å². The molecule has 0 saturated carbocycles. The minimum absolute atomic E-state index is 0.733. The summed E-state index contributed by atoms with van der Waals surface area (Å²) in [4.78, 5) is 3.39. The van der Waals surface area contributed by atoms with E-state index in [1.54, 1.807) is 0 Å². The normalized spacial score (nSPS) is 18.1. The van der Waals surface area contributed by atoms with E-state index < -0.39 is 0 Å². The van der Waals surface area contributed by atoms with Gasteiger partial charge >= 0.3 is 0 Å². The molecule has 0 aliphatic carbocycles. The summed E-state index contributed by atoms with van der Waals surface area (Å²) in [6.45, 7) is 4.48. The van der Waals surface area contributed by atoms with E-state index in [4.69, 9.17) is 0 Å². The number of benzene rings is 1. The summed E-state index contributed by atoms with van der Waals surface area (Å²) in [5, 5.41) is 4.85. The molecule has 2 N–H and O–H groups in total. The second-order valence-electron chi connectivity index (χ2n) is 4.82. The van der Waals surface area contributed by atoms with Crippen molar-refractivity contribution in [3.63, 3.8) is 0 Å². The molecule has 0 spiro atoms. The molecule has 0 amide bonds. The molecular weight excluding hydrogens is 196 g/mol. The molecule has 1 aromatic carbocycles. The quantitative estimate of drug-likeness (QED) is 0.750. The van der Waals surface area contributed by atoms with Crippen LogP contribution in [0.25, 0.3) is 10.9 Å². The van der Waals surface area contributed by atoms with E-state index in [-0.39, 0.29) is 0 Å². The summed E-state index contributed by atoms with van der Waals surface area (Å²) in [7, 11) is 0. The number of piperidine rings is 1. The predicted molar refractivity (Wildman–Crippen MR) is 67.9 cm³/mol. The van der Waals surface area contributed by atoms with Gasteiger partial charge in [0.2, 0.25) is 0 Å². The molecule has 0 bridgehead atoms. The van der Waals surface area contributed by atoms with Gasteiger partial charge < -0.3 is 10.3 Å². The first-order valence-electron chi connectivity index (χ1n) is 6.13. The number of aryl methyl sites for hydroxylation is 1. The molecule has 84 valence electrons. The highest BCUT2D eigenvalue weighted by atomic mass is 14.9. The van der Waals surface area contributed by atoms with E-state index in [0.717, 1.165) is 19.0 Å². The number of fused-ring (bicyclic) bond motifs is 1. The molecule has 2 aromatic rings. The van der Waals surface area contributed by atoms with Crippen molar-refractivity contribution in [2.75, 3.05) is 13.1 Å². The van der Waals surface area contributed by atoms with E-state index in [2.05, 4.69) is 41.6 Å². The first-order valence-corrected chi connectivity index (χ1v) is 6.13. The largest absolute Gasteiger partial charge is 0.361 e. The Labute approximate surface area is 96.1 Å². The van der Waals surface area contributed by atoms with Gasteiger partial charge in [0, 0.05) is 17.1 Å². The zero-order chi connectivity index (χ0) is 11.0. The molecule has 1 saturated heterocycles. The van der Waals surface area contributed by atoms with E-state index >= 15 is 0 Å². The van der Waals surface area contributed by atoms with Gasteiger partial charge in [0.25, 0.3) is 0 Å². The van der Waals surface area contributed by atoms with Crippen molar-refractivity contribution in [3.8, 4) is 0 Å². The van der Waals surface area contributed by atoms with Crippen LogP contribution in [0, 0.1) is 6.92 Å².